The predicted molar refractivity (Wildman–Crippen MR) is 76.8 cm³/mol. The van der Waals surface area contributed by atoms with Gasteiger partial charge in [0.15, 0.2) is 0 Å². The van der Waals surface area contributed by atoms with Crippen molar-refractivity contribution >= 4 is 0 Å². The smallest absolute Gasteiger partial charge is 0.131 e. The van der Waals surface area contributed by atoms with Gasteiger partial charge in [-0.2, -0.15) is 0 Å². The lowest BCUT2D eigenvalue weighted by atomic mass is 10.2. The van der Waals surface area contributed by atoms with Gasteiger partial charge in [-0.15, -0.1) is 0 Å². The Morgan fingerprint density at radius 1 is 1.05 bits per heavy atom. The van der Waals surface area contributed by atoms with E-state index in [1.54, 1.807) is 19.2 Å². The van der Waals surface area contributed by atoms with Crippen LogP contribution in [0.4, 0.5) is 4.39 Å². The molecule has 0 unspecified atom stereocenters. The maximum Gasteiger partial charge on any atom is 0.131 e. The van der Waals surface area contributed by atoms with Crippen molar-refractivity contribution in [1.82, 2.24) is 5.32 Å². The molecule has 0 radical (unpaired) electrons. The number of nitrogens with one attached hydrogen (secondary N) is 1. The summed E-state index contributed by atoms with van der Waals surface area (Å²) in [4.78, 5) is 0. The molecule has 0 saturated heterocycles. The zero-order chi connectivity index (χ0) is 14.4. The Kier molecular flexibility index (Phi) is 4.96. The highest BCUT2D eigenvalue weighted by atomic mass is 19.1. The molecule has 106 valence electrons. The Labute approximate surface area is 118 Å². The highest BCUT2D eigenvalue weighted by molar-refractivity contribution is 5.38. The van der Waals surface area contributed by atoms with E-state index in [1.165, 1.54) is 12.1 Å². The molecule has 0 aromatic heterocycles. The summed E-state index contributed by atoms with van der Waals surface area (Å²) in [5.41, 5.74) is 0.852. The largest absolute Gasteiger partial charge is 0.497 e. The summed E-state index contributed by atoms with van der Waals surface area (Å²) in [6, 6.07) is 11.9. The fourth-order valence-electron chi connectivity index (χ4n) is 1.85. The maximum absolute atomic E-state index is 13.6. The van der Waals surface area contributed by atoms with Crippen LogP contribution in [0, 0.1) is 5.82 Å². The molecular formula is C16H18FNO2. The monoisotopic (exact) mass is 275 g/mol. The Bertz CT molecular complexity index is 572. The summed E-state index contributed by atoms with van der Waals surface area (Å²) in [6.45, 7) is 3.46. The summed E-state index contributed by atoms with van der Waals surface area (Å²) in [6.07, 6.45) is 0. The van der Waals surface area contributed by atoms with Crippen molar-refractivity contribution in [3.8, 4) is 17.2 Å². The lowest BCUT2D eigenvalue weighted by Gasteiger charge is -2.09. The van der Waals surface area contributed by atoms with Crippen LogP contribution in [0.3, 0.4) is 0 Å². The second kappa shape index (κ2) is 6.91. The average Bonchev–Trinajstić information content (AvgIpc) is 2.44. The summed E-state index contributed by atoms with van der Waals surface area (Å²) < 4.78 is 24.4. The van der Waals surface area contributed by atoms with Crippen LogP contribution >= 0.6 is 0 Å². The predicted octanol–water partition coefficient (Wildman–Crippen LogP) is 3.74. The van der Waals surface area contributed by atoms with E-state index in [-0.39, 0.29) is 5.82 Å². The van der Waals surface area contributed by atoms with Gasteiger partial charge in [0, 0.05) is 18.7 Å². The van der Waals surface area contributed by atoms with Gasteiger partial charge in [0.2, 0.25) is 0 Å². The quantitative estimate of drug-likeness (QED) is 0.871. The van der Waals surface area contributed by atoms with Crippen molar-refractivity contribution in [2.24, 2.45) is 0 Å². The van der Waals surface area contributed by atoms with Crippen molar-refractivity contribution in [1.29, 1.82) is 0 Å². The van der Waals surface area contributed by atoms with Crippen LogP contribution < -0.4 is 14.8 Å². The normalized spacial score (nSPS) is 10.3. The first-order valence-corrected chi connectivity index (χ1v) is 6.53. The van der Waals surface area contributed by atoms with E-state index in [9.17, 15) is 4.39 Å². The Morgan fingerprint density at radius 2 is 1.85 bits per heavy atom. The van der Waals surface area contributed by atoms with Crippen LogP contribution in [0.5, 0.6) is 17.2 Å². The molecule has 4 heteroatoms. The lowest BCUT2D eigenvalue weighted by Crippen LogP contribution is -2.11. The number of halogens is 1. The molecule has 0 heterocycles. The first-order valence-electron chi connectivity index (χ1n) is 6.53. The Morgan fingerprint density at radius 3 is 2.60 bits per heavy atom. The van der Waals surface area contributed by atoms with Crippen molar-refractivity contribution < 1.29 is 13.9 Å². The van der Waals surface area contributed by atoms with Gasteiger partial charge in [-0.3, -0.25) is 0 Å². The van der Waals surface area contributed by atoms with Crippen molar-refractivity contribution in [2.45, 2.75) is 13.5 Å². The van der Waals surface area contributed by atoms with Crippen molar-refractivity contribution in [3.63, 3.8) is 0 Å². The van der Waals surface area contributed by atoms with Crippen LogP contribution in [0.25, 0.3) is 0 Å². The van der Waals surface area contributed by atoms with Gasteiger partial charge in [0.25, 0.3) is 0 Å². The van der Waals surface area contributed by atoms with E-state index >= 15 is 0 Å². The van der Waals surface area contributed by atoms with E-state index in [4.69, 9.17) is 9.47 Å². The number of ether oxygens (including phenoxy) is 2. The molecule has 0 aliphatic heterocycles. The topological polar surface area (TPSA) is 30.5 Å². The fraction of sp³-hybridized carbons (Fsp3) is 0.250. The molecule has 0 bridgehead atoms. The molecule has 0 amide bonds. The summed E-state index contributed by atoms with van der Waals surface area (Å²) in [5, 5.41) is 3.16. The van der Waals surface area contributed by atoms with Crippen molar-refractivity contribution in [2.75, 3.05) is 13.7 Å². The minimum atomic E-state index is -0.307. The van der Waals surface area contributed by atoms with Gasteiger partial charge in [-0.1, -0.05) is 13.0 Å². The maximum atomic E-state index is 13.6. The van der Waals surface area contributed by atoms with Crippen LogP contribution in [-0.4, -0.2) is 13.7 Å². The number of hydrogen-bond donors (Lipinski definition) is 1. The van der Waals surface area contributed by atoms with Crippen LogP contribution in [0.2, 0.25) is 0 Å². The molecule has 1 N–H and O–H groups in total. The van der Waals surface area contributed by atoms with Gasteiger partial charge in [0.05, 0.1) is 7.11 Å². The van der Waals surface area contributed by atoms with Gasteiger partial charge >= 0.3 is 0 Å². The van der Waals surface area contributed by atoms with Crippen LogP contribution in [0.15, 0.2) is 42.5 Å². The molecular weight excluding hydrogens is 257 g/mol. The van der Waals surface area contributed by atoms with E-state index < -0.39 is 0 Å². The summed E-state index contributed by atoms with van der Waals surface area (Å²) >= 11 is 0. The molecule has 3 nitrogen and oxygen atoms in total. The molecule has 0 fully saturated rings. The van der Waals surface area contributed by atoms with Crippen LogP contribution in [0.1, 0.15) is 12.5 Å². The van der Waals surface area contributed by atoms with E-state index in [2.05, 4.69) is 5.32 Å². The fourth-order valence-corrected chi connectivity index (χ4v) is 1.85. The highest BCUT2D eigenvalue weighted by Crippen LogP contribution is 2.26. The molecule has 2 aromatic rings. The van der Waals surface area contributed by atoms with E-state index in [1.807, 2.05) is 25.1 Å². The molecule has 0 aliphatic carbocycles. The number of benzene rings is 2. The van der Waals surface area contributed by atoms with Gasteiger partial charge in [-0.05, 0) is 36.4 Å². The molecule has 0 aliphatic rings. The zero-order valence-electron chi connectivity index (χ0n) is 11.7. The first kappa shape index (κ1) is 14.3. The second-order valence-corrected chi connectivity index (χ2v) is 4.36. The van der Waals surface area contributed by atoms with E-state index in [0.717, 1.165) is 12.1 Å². The molecule has 20 heavy (non-hydrogen) atoms. The number of methoxy groups -OCH3 is 1. The summed E-state index contributed by atoms with van der Waals surface area (Å²) in [7, 11) is 1.59. The third-order valence-corrected chi connectivity index (χ3v) is 2.79. The van der Waals surface area contributed by atoms with E-state index in [0.29, 0.717) is 23.8 Å². The molecule has 0 atom stereocenters. The van der Waals surface area contributed by atoms with Gasteiger partial charge in [-0.25, -0.2) is 4.39 Å². The Hall–Kier alpha value is -2.07. The summed E-state index contributed by atoms with van der Waals surface area (Å²) in [5.74, 6) is 1.49. The molecule has 0 saturated carbocycles. The van der Waals surface area contributed by atoms with Gasteiger partial charge in [0.1, 0.15) is 23.1 Å². The first-order chi connectivity index (χ1) is 9.71. The SMILES string of the molecule is CCNCc1cc(F)cc(Oc2cccc(OC)c2)c1. The molecule has 2 rings (SSSR count). The molecule has 2 aromatic carbocycles. The second-order valence-electron chi connectivity index (χ2n) is 4.36. The van der Waals surface area contributed by atoms with Crippen LogP contribution in [-0.2, 0) is 6.54 Å². The molecule has 0 spiro atoms. The van der Waals surface area contributed by atoms with Gasteiger partial charge < -0.3 is 14.8 Å². The number of hydrogen-bond acceptors (Lipinski definition) is 3. The number of rotatable bonds is 6. The highest BCUT2D eigenvalue weighted by Gasteiger charge is 2.04. The Balaban J connectivity index is 2.17. The van der Waals surface area contributed by atoms with Crippen molar-refractivity contribution in [3.05, 3.63) is 53.8 Å². The standard InChI is InChI=1S/C16H18FNO2/c1-3-18-11-12-7-13(17)9-16(8-12)20-15-6-4-5-14(10-15)19-2/h4-10,18H,3,11H2,1-2H3. The third-order valence-electron chi connectivity index (χ3n) is 2.79. The lowest BCUT2D eigenvalue weighted by molar-refractivity contribution is 0.408. The average molecular weight is 275 g/mol. The minimum absolute atomic E-state index is 0.307. The zero-order valence-corrected chi connectivity index (χ0v) is 11.7. The third kappa shape index (κ3) is 3.96. The minimum Gasteiger partial charge on any atom is -0.497 e.